The highest BCUT2D eigenvalue weighted by Crippen LogP contribution is 2.28. The zero-order valence-corrected chi connectivity index (χ0v) is 16.9. The Balaban J connectivity index is 0.00000156. The number of anilines is 1. The maximum atomic E-state index is 13.1. The summed E-state index contributed by atoms with van der Waals surface area (Å²) in [6, 6.07) is 6.35. The SMILES string of the molecule is CNCC1CCN(C(=O)c2cc(C)ccc2N2CCCC2)CC1.Cl.Cl. The van der Waals surface area contributed by atoms with Crippen LogP contribution in [0, 0.1) is 12.8 Å². The van der Waals surface area contributed by atoms with Gasteiger partial charge in [-0.15, -0.1) is 24.8 Å². The van der Waals surface area contributed by atoms with Crippen LogP contribution in [0.4, 0.5) is 5.69 Å². The number of nitrogens with zero attached hydrogens (tertiary/aromatic N) is 2. The van der Waals surface area contributed by atoms with E-state index in [4.69, 9.17) is 0 Å². The van der Waals surface area contributed by atoms with Crippen LogP contribution in [-0.4, -0.2) is 50.6 Å². The third-order valence-electron chi connectivity index (χ3n) is 5.22. The fourth-order valence-electron chi connectivity index (χ4n) is 3.85. The van der Waals surface area contributed by atoms with Crippen molar-refractivity contribution >= 4 is 36.4 Å². The number of halogens is 2. The van der Waals surface area contributed by atoms with Gasteiger partial charge in [-0.05, 0) is 64.3 Å². The highest BCUT2D eigenvalue weighted by Gasteiger charge is 2.26. The van der Waals surface area contributed by atoms with E-state index in [0.717, 1.165) is 56.8 Å². The van der Waals surface area contributed by atoms with Crippen LogP contribution in [0.15, 0.2) is 18.2 Å². The first-order valence-electron chi connectivity index (χ1n) is 8.98. The van der Waals surface area contributed by atoms with Gasteiger partial charge in [0.1, 0.15) is 0 Å². The van der Waals surface area contributed by atoms with Gasteiger partial charge in [-0.3, -0.25) is 4.79 Å². The standard InChI is InChI=1S/C19H29N3O.2ClH/c1-15-5-6-18(21-9-3-4-10-21)17(13-15)19(23)22-11-7-16(8-12-22)14-20-2;;/h5-6,13,16,20H,3-4,7-12,14H2,1-2H3;2*1H. The predicted octanol–water partition coefficient (Wildman–Crippen LogP) is 3.51. The Morgan fingerprint density at radius 1 is 1.12 bits per heavy atom. The summed E-state index contributed by atoms with van der Waals surface area (Å²) >= 11 is 0. The molecule has 0 aliphatic carbocycles. The molecule has 2 fully saturated rings. The van der Waals surface area contributed by atoms with Crippen molar-refractivity contribution in [1.29, 1.82) is 0 Å². The van der Waals surface area contributed by atoms with E-state index in [1.165, 1.54) is 18.4 Å². The first-order chi connectivity index (χ1) is 11.2. The largest absolute Gasteiger partial charge is 0.371 e. The van der Waals surface area contributed by atoms with Gasteiger partial charge < -0.3 is 15.1 Å². The second-order valence-electron chi connectivity index (χ2n) is 7.01. The molecule has 1 amide bonds. The van der Waals surface area contributed by atoms with Crippen LogP contribution in [0.25, 0.3) is 0 Å². The number of carbonyl (C=O) groups is 1. The fraction of sp³-hybridized carbons (Fsp3) is 0.632. The van der Waals surface area contributed by atoms with E-state index in [9.17, 15) is 4.79 Å². The molecule has 2 heterocycles. The second-order valence-corrected chi connectivity index (χ2v) is 7.01. The number of aryl methyl sites for hydroxylation is 1. The molecule has 0 bridgehead atoms. The lowest BCUT2D eigenvalue weighted by molar-refractivity contribution is 0.0691. The van der Waals surface area contributed by atoms with Crippen molar-refractivity contribution in [2.75, 3.05) is 44.7 Å². The molecule has 25 heavy (non-hydrogen) atoms. The van der Waals surface area contributed by atoms with Crippen LogP contribution in [-0.2, 0) is 0 Å². The maximum Gasteiger partial charge on any atom is 0.255 e. The van der Waals surface area contributed by atoms with Gasteiger partial charge in [0.2, 0.25) is 0 Å². The fourth-order valence-corrected chi connectivity index (χ4v) is 3.85. The summed E-state index contributed by atoms with van der Waals surface area (Å²) in [5, 5.41) is 3.26. The van der Waals surface area contributed by atoms with Crippen LogP contribution in [0.3, 0.4) is 0 Å². The first kappa shape index (κ1) is 22.1. The third-order valence-corrected chi connectivity index (χ3v) is 5.22. The molecule has 0 unspecified atom stereocenters. The van der Waals surface area contributed by atoms with Crippen molar-refractivity contribution in [2.45, 2.75) is 32.6 Å². The minimum absolute atomic E-state index is 0. The van der Waals surface area contributed by atoms with Gasteiger partial charge in [0.15, 0.2) is 0 Å². The van der Waals surface area contributed by atoms with Crippen molar-refractivity contribution in [3.63, 3.8) is 0 Å². The van der Waals surface area contributed by atoms with E-state index in [1.807, 2.05) is 7.05 Å². The van der Waals surface area contributed by atoms with E-state index in [-0.39, 0.29) is 30.7 Å². The van der Waals surface area contributed by atoms with Crippen molar-refractivity contribution in [2.24, 2.45) is 5.92 Å². The molecule has 4 nitrogen and oxygen atoms in total. The van der Waals surface area contributed by atoms with Crippen molar-refractivity contribution in [3.05, 3.63) is 29.3 Å². The molecule has 0 radical (unpaired) electrons. The summed E-state index contributed by atoms with van der Waals surface area (Å²) in [5.74, 6) is 0.929. The minimum Gasteiger partial charge on any atom is -0.371 e. The number of amides is 1. The van der Waals surface area contributed by atoms with E-state index in [0.29, 0.717) is 5.92 Å². The molecule has 6 heteroatoms. The molecule has 3 rings (SSSR count). The monoisotopic (exact) mass is 387 g/mol. The number of piperidine rings is 1. The van der Waals surface area contributed by atoms with E-state index in [1.54, 1.807) is 0 Å². The lowest BCUT2D eigenvalue weighted by atomic mass is 9.96. The molecule has 142 valence electrons. The van der Waals surface area contributed by atoms with Crippen LogP contribution in [0.1, 0.15) is 41.6 Å². The first-order valence-corrected chi connectivity index (χ1v) is 8.98. The summed E-state index contributed by atoms with van der Waals surface area (Å²) in [6.07, 6.45) is 4.68. The lowest BCUT2D eigenvalue weighted by Gasteiger charge is -2.33. The molecular weight excluding hydrogens is 357 g/mol. The number of hydrogen-bond donors (Lipinski definition) is 1. The number of hydrogen-bond acceptors (Lipinski definition) is 3. The summed E-state index contributed by atoms with van der Waals surface area (Å²) in [4.78, 5) is 17.5. The van der Waals surface area contributed by atoms with Crippen LogP contribution in [0.2, 0.25) is 0 Å². The Bertz CT molecular complexity index is 554. The molecule has 2 aliphatic heterocycles. The lowest BCUT2D eigenvalue weighted by Crippen LogP contribution is -2.41. The van der Waals surface area contributed by atoms with Crippen molar-refractivity contribution in [1.82, 2.24) is 10.2 Å². The topological polar surface area (TPSA) is 35.6 Å². The predicted molar refractivity (Wildman–Crippen MR) is 110 cm³/mol. The Kier molecular flexibility index (Phi) is 9.04. The molecule has 2 aliphatic rings. The summed E-state index contributed by atoms with van der Waals surface area (Å²) in [6.45, 7) is 7.06. The third kappa shape index (κ3) is 5.25. The van der Waals surface area contributed by atoms with Gasteiger partial charge in [-0.25, -0.2) is 0 Å². The molecule has 0 aromatic heterocycles. The van der Waals surface area contributed by atoms with Gasteiger partial charge >= 0.3 is 0 Å². The minimum atomic E-state index is 0. The van der Waals surface area contributed by atoms with Gasteiger partial charge in [0.25, 0.3) is 5.91 Å². The van der Waals surface area contributed by atoms with Gasteiger partial charge in [-0.1, -0.05) is 11.6 Å². The Morgan fingerprint density at radius 2 is 1.76 bits per heavy atom. The van der Waals surface area contributed by atoms with Gasteiger partial charge in [0, 0.05) is 31.9 Å². The van der Waals surface area contributed by atoms with Crippen LogP contribution in [0.5, 0.6) is 0 Å². The van der Waals surface area contributed by atoms with E-state index in [2.05, 4.69) is 40.2 Å². The average molecular weight is 388 g/mol. The van der Waals surface area contributed by atoms with E-state index < -0.39 is 0 Å². The summed E-state index contributed by atoms with van der Waals surface area (Å²) in [7, 11) is 2.01. The Hall–Kier alpha value is -0.970. The molecular formula is C19H31Cl2N3O. The molecule has 1 aromatic rings. The van der Waals surface area contributed by atoms with Crippen LogP contribution < -0.4 is 10.2 Å². The number of nitrogens with one attached hydrogen (secondary N) is 1. The van der Waals surface area contributed by atoms with Gasteiger partial charge in [-0.2, -0.15) is 0 Å². The molecule has 1 aromatic carbocycles. The molecule has 2 saturated heterocycles. The molecule has 0 atom stereocenters. The quantitative estimate of drug-likeness (QED) is 0.858. The van der Waals surface area contributed by atoms with Crippen LogP contribution >= 0.6 is 24.8 Å². The van der Waals surface area contributed by atoms with Crippen molar-refractivity contribution in [3.8, 4) is 0 Å². The number of carbonyl (C=O) groups excluding carboxylic acids is 1. The Labute approximate surface area is 164 Å². The summed E-state index contributed by atoms with van der Waals surface area (Å²) < 4.78 is 0. The molecule has 0 spiro atoms. The second kappa shape index (κ2) is 10.2. The zero-order chi connectivity index (χ0) is 16.2. The smallest absolute Gasteiger partial charge is 0.255 e. The zero-order valence-electron chi connectivity index (χ0n) is 15.3. The molecule has 1 N–H and O–H groups in total. The highest BCUT2D eigenvalue weighted by atomic mass is 35.5. The highest BCUT2D eigenvalue weighted by molar-refractivity contribution is 6.00. The summed E-state index contributed by atoms with van der Waals surface area (Å²) in [5.41, 5.74) is 3.20. The Morgan fingerprint density at radius 3 is 2.36 bits per heavy atom. The number of benzene rings is 1. The van der Waals surface area contributed by atoms with Gasteiger partial charge in [0.05, 0.1) is 5.56 Å². The normalized spacial score (nSPS) is 17.8. The molecule has 0 saturated carbocycles. The van der Waals surface area contributed by atoms with Crippen molar-refractivity contribution < 1.29 is 4.79 Å². The van der Waals surface area contributed by atoms with E-state index >= 15 is 0 Å². The number of likely N-dealkylation sites (tertiary alicyclic amines) is 1. The number of rotatable bonds is 4. The average Bonchev–Trinajstić information content (AvgIpc) is 3.09. The maximum absolute atomic E-state index is 13.1.